The van der Waals surface area contributed by atoms with Crippen LogP contribution in [0.15, 0.2) is 27.6 Å². The topological polar surface area (TPSA) is 46.9 Å². The number of thiophene rings is 1. The number of halogens is 1. The van der Waals surface area contributed by atoms with Gasteiger partial charge in [-0.05, 0) is 27.9 Å². The van der Waals surface area contributed by atoms with Crippen LogP contribution in [-0.2, 0) is 18.3 Å². The largest absolute Gasteiger partial charge is 0.324 e. The summed E-state index contributed by atoms with van der Waals surface area (Å²) < 4.78 is 2.67. The lowest BCUT2D eigenvalue weighted by Gasteiger charge is -2.02. The van der Waals surface area contributed by atoms with Crippen LogP contribution in [0.4, 0.5) is 5.69 Å². The summed E-state index contributed by atoms with van der Waals surface area (Å²) in [4.78, 5) is 11.7. The van der Waals surface area contributed by atoms with Gasteiger partial charge in [0.25, 0.3) is 0 Å². The van der Waals surface area contributed by atoms with Gasteiger partial charge in [0.2, 0.25) is 5.91 Å². The molecule has 0 radical (unpaired) electrons. The molecule has 0 aliphatic heterocycles. The maximum Gasteiger partial charge on any atom is 0.224 e. The zero-order valence-corrected chi connectivity index (χ0v) is 11.7. The third-order valence-corrected chi connectivity index (χ3v) is 3.99. The Morgan fingerprint density at radius 1 is 1.59 bits per heavy atom. The zero-order valence-electron chi connectivity index (χ0n) is 9.31. The van der Waals surface area contributed by atoms with E-state index >= 15 is 0 Å². The van der Waals surface area contributed by atoms with E-state index in [0.717, 1.165) is 15.7 Å². The molecule has 1 amide bonds. The highest BCUT2D eigenvalue weighted by Gasteiger charge is 2.07. The predicted molar refractivity (Wildman–Crippen MR) is 72.2 cm³/mol. The molecule has 90 valence electrons. The Labute approximate surface area is 112 Å². The number of hydrogen-bond acceptors (Lipinski definition) is 3. The van der Waals surface area contributed by atoms with Crippen LogP contribution in [0.2, 0.25) is 0 Å². The van der Waals surface area contributed by atoms with E-state index < -0.39 is 0 Å². The van der Waals surface area contributed by atoms with Crippen molar-refractivity contribution in [3.8, 4) is 0 Å². The van der Waals surface area contributed by atoms with Crippen molar-refractivity contribution in [2.75, 3.05) is 5.32 Å². The highest BCUT2D eigenvalue weighted by atomic mass is 79.9. The molecule has 1 N–H and O–H groups in total. The number of nitrogens with one attached hydrogen (secondary N) is 1. The SMILES string of the molecule is Cn1cc(CCC(=O)Nc2cscc2Br)cn1. The van der Waals surface area contributed by atoms with Gasteiger partial charge in [-0.15, -0.1) is 11.3 Å². The van der Waals surface area contributed by atoms with Gasteiger partial charge >= 0.3 is 0 Å². The average Bonchev–Trinajstić information content (AvgIpc) is 2.86. The first-order valence-electron chi connectivity index (χ1n) is 5.14. The number of aryl methyl sites for hydroxylation is 2. The number of carbonyl (C=O) groups excluding carboxylic acids is 1. The molecule has 17 heavy (non-hydrogen) atoms. The van der Waals surface area contributed by atoms with Crippen LogP contribution in [-0.4, -0.2) is 15.7 Å². The van der Waals surface area contributed by atoms with Crippen LogP contribution in [0.3, 0.4) is 0 Å². The molecule has 0 fully saturated rings. The monoisotopic (exact) mass is 313 g/mol. The van der Waals surface area contributed by atoms with Crippen LogP contribution in [0.25, 0.3) is 0 Å². The summed E-state index contributed by atoms with van der Waals surface area (Å²) in [6, 6.07) is 0. The minimum atomic E-state index is 0.0213. The van der Waals surface area contributed by atoms with Crippen molar-refractivity contribution < 1.29 is 4.79 Å². The van der Waals surface area contributed by atoms with Crippen LogP contribution in [0.5, 0.6) is 0 Å². The lowest BCUT2D eigenvalue weighted by molar-refractivity contribution is -0.116. The number of rotatable bonds is 4. The summed E-state index contributed by atoms with van der Waals surface area (Å²) >= 11 is 4.93. The fourth-order valence-corrected chi connectivity index (χ4v) is 2.77. The molecule has 0 unspecified atom stereocenters. The van der Waals surface area contributed by atoms with Crippen LogP contribution in [0.1, 0.15) is 12.0 Å². The number of aromatic nitrogens is 2. The predicted octanol–water partition coefficient (Wildman–Crippen LogP) is 2.82. The van der Waals surface area contributed by atoms with Crippen molar-refractivity contribution >= 4 is 38.9 Å². The maximum atomic E-state index is 11.7. The van der Waals surface area contributed by atoms with Gasteiger partial charge in [-0.25, -0.2) is 0 Å². The summed E-state index contributed by atoms with van der Waals surface area (Å²) in [6.07, 6.45) is 4.89. The molecule has 0 saturated carbocycles. The Kier molecular flexibility index (Phi) is 3.96. The van der Waals surface area contributed by atoms with Gasteiger partial charge in [-0.3, -0.25) is 9.48 Å². The third-order valence-electron chi connectivity index (χ3n) is 2.29. The summed E-state index contributed by atoms with van der Waals surface area (Å²) in [5.41, 5.74) is 1.92. The second-order valence-electron chi connectivity index (χ2n) is 3.70. The summed E-state index contributed by atoms with van der Waals surface area (Å²) in [6.45, 7) is 0. The van der Waals surface area contributed by atoms with Gasteiger partial charge < -0.3 is 5.32 Å². The molecular weight excluding hydrogens is 302 g/mol. The van der Waals surface area contributed by atoms with Gasteiger partial charge in [0, 0.05) is 30.4 Å². The van der Waals surface area contributed by atoms with E-state index in [-0.39, 0.29) is 5.91 Å². The molecule has 2 aromatic heterocycles. The Bertz CT molecular complexity index is 520. The molecule has 6 heteroatoms. The summed E-state index contributed by atoms with van der Waals surface area (Å²) in [5.74, 6) is 0.0213. The molecule has 0 atom stereocenters. The maximum absolute atomic E-state index is 11.7. The molecule has 0 aliphatic rings. The van der Waals surface area contributed by atoms with E-state index in [1.807, 2.05) is 24.0 Å². The molecule has 2 rings (SSSR count). The van der Waals surface area contributed by atoms with Crippen molar-refractivity contribution in [3.63, 3.8) is 0 Å². The Morgan fingerprint density at radius 2 is 2.41 bits per heavy atom. The highest BCUT2D eigenvalue weighted by molar-refractivity contribution is 9.10. The number of hydrogen-bond donors (Lipinski definition) is 1. The minimum absolute atomic E-state index is 0.0213. The quantitative estimate of drug-likeness (QED) is 0.943. The van der Waals surface area contributed by atoms with Gasteiger partial charge in [-0.1, -0.05) is 0 Å². The lowest BCUT2D eigenvalue weighted by atomic mass is 10.2. The van der Waals surface area contributed by atoms with Crippen molar-refractivity contribution in [3.05, 3.63) is 33.2 Å². The number of anilines is 1. The Hall–Kier alpha value is -1.14. The Morgan fingerprint density at radius 3 is 3.00 bits per heavy atom. The van der Waals surface area contributed by atoms with E-state index in [4.69, 9.17) is 0 Å². The van der Waals surface area contributed by atoms with Crippen LogP contribution in [0, 0.1) is 0 Å². The number of carbonyl (C=O) groups is 1. The molecule has 0 aromatic carbocycles. The lowest BCUT2D eigenvalue weighted by Crippen LogP contribution is -2.11. The van der Waals surface area contributed by atoms with E-state index in [1.165, 1.54) is 0 Å². The van der Waals surface area contributed by atoms with Gasteiger partial charge in [0.15, 0.2) is 0 Å². The average molecular weight is 314 g/mol. The van der Waals surface area contributed by atoms with Crippen LogP contribution < -0.4 is 5.32 Å². The first-order valence-corrected chi connectivity index (χ1v) is 6.88. The molecule has 0 bridgehead atoms. The first-order chi connectivity index (χ1) is 8.15. The highest BCUT2D eigenvalue weighted by Crippen LogP contribution is 2.26. The summed E-state index contributed by atoms with van der Waals surface area (Å²) in [7, 11) is 1.87. The second-order valence-corrected chi connectivity index (χ2v) is 5.30. The van der Waals surface area contributed by atoms with Gasteiger partial charge in [0.05, 0.1) is 16.4 Å². The van der Waals surface area contributed by atoms with E-state index in [9.17, 15) is 4.79 Å². The van der Waals surface area contributed by atoms with Crippen molar-refractivity contribution in [1.82, 2.24) is 9.78 Å². The number of amides is 1. The molecule has 4 nitrogen and oxygen atoms in total. The standard InChI is InChI=1S/C11H12BrN3OS/c1-15-5-8(4-13-15)2-3-11(16)14-10-7-17-6-9(10)12/h4-7H,2-3H2,1H3,(H,14,16). The smallest absolute Gasteiger partial charge is 0.224 e. The molecule has 0 aliphatic carbocycles. The fourth-order valence-electron chi connectivity index (χ4n) is 1.44. The van der Waals surface area contributed by atoms with Crippen molar-refractivity contribution in [2.45, 2.75) is 12.8 Å². The molecular formula is C11H12BrN3OS. The molecule has 0 saturated heterocycles. The molecule has 2 aromatic rings. The summed E-state index contributed by atoms with van der Waals surface area (Å²) in [5, 5.41) is 10.8. The van der Waals surface area contributed by atoms with E-state index in [1.54, 1.807) is 22.2 Å². The normalized spacial score (nSPS) is 10.5. The van der Waals surface area contributed by atoms with E-state index in [0.29, 0.717) is 12.8 Å². The second kappa shape index (κ2) is 5.46. The van der Waals surface area contributed by atoms with Gasteiger partial charge in [-0.2, -0.15) is 5.10 Å². The van der Waals surface area contributed by atoms with Gasteiger partial charge in [0.1, 0.15) is 0 Å². The number of nitrogens with zero attached hydrogens (tertiary/aromatic N) is 2. The zero-order chi connectivity index (χ0) is 12.3. The first kappa shape index (κ1) is 12.3. The fraction of sp³-hybridized carbons (Fsp3) is 0.273. The third kappa shape index (κ3) is 3.41. The Balaban J connectivity index is 1.84. The molecule has 0 spiro atoms. The van der Waals surface area contributed by atoms with Crippen molar-refractivity contribution in [2.24, 2.45) is 7.05 Å². The van der Waals surface area contributed by atoms with E-state index in [2.05, 4.69) is 26.3 Å². The van der Waals surface area contributed by atoms with Crippen molar-refractivity contribution in [1.29, 1.82) is 0 Å². The van der Waals surface area contributed by atoms with Crippen LogP contribution >= 0.6 is 27.3 Å². The molecule has 2 heterocycles. The minimum Gasteiger partial charge on any atom is -0.324 e.